The number of aliphatic hydroxyl groups excluding tert-OH is 2. The Morgan fingerprint density at radius 3 is 1.40 bits per heavy atom. The SMILES string of the molecule is C.N[C@@H]1C(=O)NC[C@H]1O.O=C(CCc1c(-c2ccc(F)cc2)[nH]c2c(F)cc(F)cc12)N[C@@H]1C(=O)NC[C@H]1O.O=C(O)CCc1c(-c2ccc(F)cc2)[nH]c2c(F)cc(F)cc12.S=S.S=S=S=S=S=S=S=S=S=S=S=S.[2H]C([3H])(C)N(C)C. The normalized spacial score (nSPS) is 16.6. The fraction of sp³-hybridized carbons (Fsp3) is 0.319. The fourth-order valence-corrected chi connectivity index (χ4v) is 28.9. The number of rotatable bonds is 10. The summed E-state index contributed by atoms with van der Waals surface area (Å²) in [5.41, 5.74) is 8.35. The summed E-state index contributed by atoms with van der Waals surface area (Å²) in [6, 6.07) is 13.1. The number of aliphatic hydroxyl groups is 2. The van der Waals surface area contributed by atoms with E-state index in [1.54, 1.807) is 85.1 Å². The smallest absolute Gasteiger partial charge is 0.303 e. The summed E-state index contributed by atoms with van der Waals surface area (Å²) in [6.45, 7) is 0.701. The van der Waals surface area contributed by atoms with E-state index in [1.807, 2.05) is 0 Å². The lowest BCUT2D eigenvalue weighted by atomic mass is 10.0. The highest BCUT2D eigenvalue weighted by molar-refractivity contribution is 8.75. The van der Waals surface area contributed by atoms with Crippen LogP contribution in [-0.4, -0.2) is 112 Å². The third-order valence-electron chi connectivity index (χ3n) is 10.7. The Bertz CT molecular complexity index is 3650. The number of H-pyrrole nitrogens is 2. The zero-order chi connectivity index (χ0) is 61.3. The number of aromatic nitrogens is 2. The number of β-amino-alcohol motifs (C(OH)–C–C–N with tert-alkyl or cyclic N) is 2. The first-order valence-corrected chi connectivity index (χ1v) is 38.3. The minimum absolute atomic E-state index is 0. The zero-order valence-corrected chi connectivity index (χ0v) is 52.9. The van der Waals surface area contributed by atoms with Gasteiger partial charge in [0, 0.05) is 197 Å². The molecule has 14 nitrogen and oxygen atoms in total. The quantitative estimate of drug-likeness (QED) is 0.0785. The first kappa shape index (κ1) is 69.8. The van der Waals surface area contributed by atoms with Gasteiger partial charge in [0.25, 0.3) is 0 Å². The number of amides is 3. The molecule has 2 saturated heterocycles. The van der Waals surface area contributed by atoms with Crippen molar-refractivity contribution in [2.75, 3.05) is 33.7 Å². The van der Waals surface area contributed by atoms with E-state index in [9.17, 15) is 50.6 Å². The highest BCUT2D eigenvalue weighted by atomic mass is 33.4. The van der Waals surface area contributed by atoms with Crippen LogP contribution >= 0.6 is 0 Å². The van der Waals surface area contributed by atoms with Gasteiger partial charge in [-0.25, -0.2) is 26.3 Å². The van der Waals surface area contributed by atoms with Gasteiger partial charge in [0.2, 0.25) is 17.7 Å². The number of nitrogens with zero attached hydrogens (tertiary/aromatic N) is 1. The monoisotopic (exact) mass is 1390 g/mol. The van der Waals surface area contributed by atoms with Gasteiger partial charge in [-0.3, -0.25) is 19.2 Å². The van der Waals surface area contributed by atoms with Crippen LogP contribution in [0.2, 0.25) is 0 Å². The Balaban J connectivity index is 0.000000390. The standard InChI is InChI=1S/C21H18F3N3O3.C17H12F3NO2.C4H8N2O2.C4H11N.CH4.S12.S2/c22-11-3-1-10(2-4-11)18-13(14-7-12(23)8-15(24)19(14)27-18)5-6-17(29)26-20-16(28)9-25-21(20)30;18-10-3-1-9(2-4-10)16-12(5-6-15(22)23)13-7-11(19)8-14(20)17(13)21-16;5-3-2(7)1-6-4(3)8;1-4-5(2)3;;1-3-5-7-9-11-12-10-8-6-4-2;1-2/h1-4,7-8,16,20,27-28H,5-6,9H2,(H,25,30)(H,26,29);1-4,7-8,21H,5-6H2,(H,22,23);2-3,7H,1,5H2,(H,6,8);4H2,1-3H3;1H4;;/t16-,20+;;2-,3+;;;;/m1.1..../s1/i;;;4TD;;;. The molecular weight excluding hydrogens is 1340 g/mol. The number of halogens is 6. The maximum atomic E-state index is 14.3. The Kier molecular flexibility index (Phi) is 33.7. The second-order valence-electron chi connectivity index (χ2n) is 16.0. The van der Waals surface area contributed by atoms with Crippen LogP contribution < -0.4 is 21.7 Å². The number of carbonyl (C=O) groups excluding carboxylic acids is 3. The number of nitrogens with two attached hydrogens (primary N) is 1. The molecule has 2 aliphatic rings. The number of hydrogen-bond acceptors (Lipinski definition) is 12. The number of fused-ring (bicyclic) bond motifs is 2. The predicted octanol–water partition coefficient (Wildman–Crippen LogP) is 5.40. The van der Waals surface area contributed by atoms with Gasteiger partial charge in [0.15, 0.2) is 0 Å². The third kappa shape index (κ3) is 24.5. The van der Waals surface area contributed by atoms with Crippen LogP contribution in [0.3, 0.4) is 0 Å². The molecule has 4 aromatic carbocycles. The van der Waals surface area contributed by atoms with Gasteiger partial charge in [-0.05, 0) is 116 Å². The second-order valence-corrected chi connectivity index (χ2v) is 33.7. The van der Waals surface area contributed by atoms with E-state index in [4.69, 9.17) is 18.7 Å². The molecule has 444 valence electrons. The van der Waals surface area contributed by atoms with Gasteiger partial charge in [0.1, 0.15) is 53.1 Å². The molecule has 2 fully saturated rings. The van der Waals surface area contributed by atoms with Crippen LogP contribution in [0, 0.1) is 34.9 Å². The van der Waals surface area contributed by atoms with Crippen molar-refractivity contribution in [3.63, 3.8) is 0 Å². The van der Waals surface area contributed by atoms with E-state index in [0.717, 1.165) is 12.1 Å². The molecule has 4 heterocycles. The van der Waals surface area contributed by atoms with E-state index in [-0.39, 0.29) is 62.0 Å². The Morgan fingerprint density at radius 2 is 1.07 bits per heavy atom. The second kappa shape index (κ2) is 39.0. The van der Waals surface area contributed by atoms with Crippen molar-refractivity contribution in [3.8, 4) is 22.5 Å². The van der Waals surface area contributed by atoms with Gasteiger partial charge in [-0.15, -0.1) is 0 Å². The molecule has 0 saturated carbocycles. The lowest BCUT2D eigenvalue weighted by molar-refractivity contribution is -0.137. The molecule has 10 N–H and O–H groups in total. The average Bonchev–Trinajstić information content (AvgIpc) is 4.35. The van der Waals surface area contributed by atoms with Crippen molar-refractivity contribution in [2.24, 2.45) is 5.73 Å². The lowest BCUT2D eigenvalue weighted by Gasteiger charge is -2.13. The van der Waals surface area contributed by atoms with E-state index >= 15 is 0 Å². The van der Waals surface area contributed by atoms with Crippen LogP contribution in [0.4, 0.5) is 26.3 Å². The van der Waals surface area contributed by atoms with Crippen molar-refractivity contribution < 1.29 is 63.6 Å². The predicted molar refractivity (Wildman–Crippen MR) is 344 cm³/mol. The van der Waals surface area contributed by atoms with Crippen molar-refractivity contribution in [1.82, 2.24) is 30.8 Å². The number of aliphatic carboxylic acids is 1. The summed E-state index contributed by atoms with van der Waals surface area (Å²) in [4.78, 5) is 52.5. The van der Waals surface area contributed by atoms with Crippen molar-refractivity contribution >= 4 is 179 Å². The number of aromatic amines is 2. The first-order valence-electron chi connectivity index (χ1n) is 23.3. The highest BCUT2D eigenvalue weighted by Crippen LogP contribution is 2.35. The number of carboxylic acids is 1. The summed E-state index contributed by atoms with van der Waals surface area (Å²) < 4.78 is 96.0. The van der Waals surface area contributed by atoms with Crippen LogP contribution in [0.25, 0.3) is 44.3 Å². The summed E-state index contributed by atoms with van der Waals surface area (Å²) >= 11 is 16.7. The first-order chi connectivity index (χ1) is 38.9. The molecule has 3 amide bonds. The van der Waals surface area contributed by atoms with Crippen LogP contribution in [0.5, 0.6) is 0 Å². The molecule has 1 unspecified atom stereocenters. The molecule has 0 aliphatic carbocycles. The maximum absolute atomic E-state index is 14.3. The van der Waals surface area contributed by atoms with Crippen molar-refractivity contribution in [1.29, 1.82) is 0 Å². The highest BCUT2D eigenvalue weighted by Gasteiger charge is 2.34. The van der Waals surface area contributed by atoms with E-state index < -0.39 is 83.5 Å². The van der Waals surface area contributed by atoms with Gasteiger partial charge >= 0.3 is 5.97 Å². The van der Waals surface area contributed by atoms with Crippen LogP contribution in [-0.2, 0) is 166 Å². The number of aryl methyl sites for hydroxylation is 2. The molecule has 0 spiro atoms. The molecule has 8 rings (SSSR count). The van der Waals surface area contributed by atoms with Gasteiger partial charge in [-0.1, -0.05) is 14.4 Å². The molecule has 5 atom stereocenters. The molecule has 0 radical (unpaired) electrons. The lowest BCUT2D eigenvalue weighted by Crippen LogP contribution is -2.45. The van der Waals surface area contributed by atoms with Crippen molar-refractivity contribution in [3.05, 3.63) is 119 Å². The number of hydrogen-bond donors (Lipinski definition) is 9. The van der Waals surface area contributed by atoms with Gasteiger partial charge < -0.3 is 51.9 Å². The third-order valence-corrected chi connectivity index (χ3v) is 30.7. The minimum atomic E-state index is -1.17. The molecule has 34 heteroatoms. The van der Waals surface area contributed by atoms with Gasteiger partial charge in [0.05, 0.1) is 17.1 Å². The number of carboxylic acid groups (broad SMARTS) is 1. The molecular formula is C47H53F6N7O7S14. The van der Waals surface area contributed by atoms with Gasteiger partial charge in [-0.2, -0.15) is 0 Å². The Hall–Kier alpha value is -3.66. The minimum Gasteiger partial charge on any atom is -0.481 e. The summed E-state index contributed by atoms with van der Waals surface area (Å²) in [6.07, 6.45) is -1.78. The Labute approximate surface area is 513 Å². The van der Waals surface area contributed by atoms with Crippen LogP contribution in [0.15, 0.2) is 72.8 Å². The number of benzene rings is 4. The molecule has 2 aliphatic heterocycles. The molecule has 2 aromatic heterocycles. The summed E-state index contributed by atoms with van der Waals surface area (Å²) in [5.74, 6) is -6.15. The van der Waals surface area contributed by atoms with E-state index in [2.05, 4.69) is 70.7 Å². The number of carbonyl (C=O) groups is 4. The van der Waals surface area contributed by atoms with E-state index in [1.165, 1.54) is 90.2 Å². The Morgan fingerprint density at radius 1 is 0.691 bits per heavy atom. The summed E-state index contributed by atoms with van der Waals surface area (Å²) in [7, 11) is 19.7. The zero-order valence-electron chi connectivity index (χ0n) is 43.5. The largest absolute Gasteiger partial charge is 0.481 e. The van der Waals surface area contributed by atoms with E-state index in [0.29, 0.717) is 45.6 Å². The van der Waals surface area contributed by atoms with Crippen LogP contribution in [0.1, 0.15) is 41.1 Å². The maximum Gasteiger partial charge on any atom is 0.303 e. The average molecular weight is 1390 g/mol. The number of nitrogens with one attached hydrogen (secondary N) is 5. The molecule has 0 bridgehead atoms. The topological polar surface area (TPSA) is 226 Å². The molecule has 6 aromatic rings. The summed E-state index contributed by atoms with van der Waals surface area (Å²) in [5, 5.41) is 35.3. The fourth-order valence-electron chi connectivity index (χ4n) is 6.99. The molecule has 81 heavy (non-hydrogen) atoms. The van der Waals surface area contributed by atoms with Crippen molar-refractivity contribution in [2.45, 2.75) is 64.3 Å².